The van der Waals surface area contributed by atoms with E-state index >= 15 is 0 Å². The van der Waals surface area contributed by atoms with Gasteiger partial charge < -0.3 is 4.90 Å². The molecule has 10 heteroatoms. The van der Waals surface area contributed by atoms with Crippen LogP contribution in [0.1, 0.15) is 18.4 Å². The van der Waals surface area contributed by atoms with E-state index in [1.807, 2.05) is 0 Å². The number of thioether (sulfide) groups is 1. The van der Waals surface area contributed by atoms with Gasteiger partial charge in [0.05, 0.1) is 11.2 Å². The third kappa shape index (κ3) is 3.18. The molecule has 1 aliphatic carbocycles. The lowest BCUT2D eigenvalue weighted by atomic mass is 10.1. The van der Waals surface area contributed by atoms with E-state index in [9.17, 15) is 18.0 Å². The van der Waals surface area contributed by atoms with E-state index in [2.05, 4.69) is 4.98 Å². The summed E-state index contributed by atoms with van der Waals surface area (Å²) >= 11 is 1.43. The number of amides is 1. The minimum atomic E-state index is -3.18. The highest BCUT2D eigenvalue weighted by atomic mass is 32.2. The number of rotatable bonds is 3. The number of nitrogens with zero attached hydrogens (tertiary/aromatic N) is 4. The first kappa shape index (κ1) is 18.0. The molecule has 1 saturated heterocycles. The Bertz CT molecular complexity index is 886. The molecule has 3 aliphatic rings. The van der Waals surface area contributed by atoms with E-state index in [1.54, 1.807) is 22.6 Å². The largest absolute Gasteiger partial charge is 0.340 e. The first-order chi connectivity index (χ1) is 12.4. The van der Waals surface area contributed by atoms with Crippen LogP contribution in [0.25, 0.3) is 0 Å². The molecule has 1 atom stereocenters. The topological polar surface area (TPSA) is 92.6 Å². The highest BCUT2D eigenvalue weighted by Crippen LogP contribution is 2.32. The quantitative estimate of drug-likeness (QED) is 0.661. The molecule has 0 aromatic carbocycles. The maximum absolute atomic E-state index is 12.9. The number of aromatic nitrogens is 2. The third-order valence-electron chi connectivity index (χ3n) is 5.20. The van der Waals surface area contributed by atoms with Gasteiger partial charge in [-0.15, -0.1) is 0 Å². The van der Waals surface area contributed by atoms with Crippen molar-refractivity contribution in [1.82, 2.24) is 18.8 Å². The summed E-state index contributed by atoms with van der Waals surface area (Å²) in [5.41, 5.74) is 0.474. The molecule has 1 unspecified atom stereocenters. The third-order valence-corrected chi connectivity index (χ3v) is 8.76. The fourth-order valence-corrected chi connectivity index (χ4v) is 6.31. The molecular weight excluding hydrogens is 376 g/mol. The first-order valence-corrected chi connectivity index (χ1v) is 11.3. The smallest absolute Gasteiger partial charge is 0.257 e. The standard InChI is InChI=1S/C16H22N4O4S2/c1-11-8-17-16-20(14(11)21)9-12(10-25-16)15(22)18-4-6-19(7-5-18)26(23,24)13-2-3-13/h8,12-13H,2-7,9-10H2,1H3. The van der Waals surface area contributed by atoms with Gasteiger partial charge in [0, 0.05) is 50.2 Å². The van der Waals surface area contributed by atoms with Crippen LogP contribution in [0.5, 0.6) is 0 Å². The normalized spacial score (nSPS) is 24.3. The van der Waals surface area contributed by atoms with Crippen LogP contribution < -0.4 is 5.56 Å². The highest BCUT2D eigenvalue weighted by molar-refractivity contribution is 7.99. The first-order valence-electron chi connectivity index (χ1n) is 8.85. The molecule has 0 spiro atoms. The van der Waals surface area contributed by atoms with Gasteiger partial charge in [0.1, 0.15) is 0 Å². The number of piperazine rings is 1. The summed E-state index contributed by atoms with van der Waals surface area (Å²) < 4.78 is 27.7. The van der Waals surface area contributed by atoms with Crippen LogP contribution in [0, 0.1) is 12.8 Å². The lowest BCUT2D eigenvalue weighted by Gasteiger charge is -2.36. The highest BCUT2D eigenvalue weighted by Gasteiger charge is 2.42. The molecule has 3 heterocycles. The molecule has 1 aromatic heterocycles. The Balaban J connectivity index is 1.41. The van der Waals surface area contributed by atoms with Gasteiger partial charge in [-0.3, -0.25) is 14.2 Å². The zero-order valence-corrected chi connectivity index (χ0v) is 16.3. The summed E-state index contributed by atoms with van der Waals surface area (Å²) in [5.74, 6) is 0.315. The Kier molecular flexibility index (Phi) is 4.60. The van der Waals surface area contributed by atoms with Crippen LogP contribution in [-0.2, 0) is 21.4 Å². The van der Waals surface area contributed by atoms with Crippen LogP contribution in [0.4, 0.5) is 0 Å². The fourth-order valence-electron chi connectivity index (χ4n) is 3.45. The number of carbonyl (C=O) groups excluding carboxylic acids is 1. The summed E-state index contributed by atoms with van der Waals surface area (Å²) in [6.45, 7) is 3.62. The van der Waals surface area contributed by atoms with Crippen molar-refractivity contribution in [1.29, 1.82) is 0 Å². The molecule has 2 fully saturated rings. The SMILES string of the molecule is Cc1cnc2n(c1=O)CC(C(=O)N1CCN(S(=O)(=O)C3CC3)CC1)CS2. The number of hydrogen-bond acceptors (Lipinski definition) is 6. The summed E-state index contributed by atoms with van der Waals surface area (Å²) in [6.07, 6.45) is 3.08. The Hall–Kier alpha value is -1.39. The number of aryl methyl sites for hydroxylation is 1. The van der Waals surface area contributed by atoms with Crippen molar-refractivity contribution in [3.05, 3.63) is 22.1 Å². The van der Waals surface area contributed by atoms with Crippen molar-refractivity contribution >= 4 is 27.7 Å². The van der Waals surface area contributed by atoms with Gasteiger partial charge in [-0.1, -0.05) is 11.8 Å². The van der Waals surface area contributed by atoms with Crippen LogP contribution in [0.15, 0.2) is 16.1 Å². The molecule has 0 radical (unpaired) electrons. The van der Waals surface area contributed by atoms with Crippen molar-refractivity contribution in [2.45, 2.75) is 36.7 Å². The molecule has 1 aromatic rings. The Morgan fingerprint density at radius 3 is 2.58 bits per heavy atom. The molecule has 4 rings (SSSR count). The predicted octanol–water partition coefficient (Wildman–Crippen LogP) is -0.0900. The van der Waals surface area contributed by atoms with Gasteiger partial charge in [-0.25, -0.2) is 13.4 Å². The maximum atomic E-state index is 12.9. The van der Waals surface area contributed by atoms with Gasteiger partial charge in [0.25, 0.3) is 5.56 Å². The lowest BCUT2D eigenvalue weighted by Crippen LogP contribution is -2.53. The monoisotopic (exact) mass is 398 g/mol. The predicted molar refractivity (Wildman–Crippen MR) is 97.5 cm³/mol. The number of hydrogen-bond donors (Lipinski definition) is 0. The molecular formula is C16H22N4O4S2. The van der Waals surface area contributed by atoms with Gasteiger partial charge in [0.15, 0.2) is 5.16 Å². The molecule has 2 aliphatic heterocycles. The van der Waals surface area contributed by atoms with E-state index in [1.165, 1.54) is 16.1 Å². The molecule has 0 bridgehead atoms. The Labute approximate surface area is 156 Å². The number of sulfonamides is 1. The Morgan fingerprint density at radius 1 is 1.23 bits per heavy atom. The molecule has 26 heavy (non-hydrogen) atoms. The Morgan fingerprint density at radius 2 is 1.92 bits per heavy atom. The van der Waals surface area contributed by atoms with Crippen molar-refractivity contribution in [3.8, 4) is 0 Å². The van der Waals surface area contributed by atoms with Crippen LogP contribution >= 0.6 is 11.8 Å². The van der Waals surface area contributed by atoms with E-state index in [4.69, 9.17) is 0 Å². The van der Waals surface area contributed by atoms with E-state index in [0.717, 1.165) is 12.8 Å². The molecule has 1 amide bonds. The minimum absolute atomic E-state index is 0.0000241. The summed E-state index contributed by atoms with van der Waals surface area (Å²) in [4.78, 5) is 31.2. The summed E-state index contributed by atoms with van der Waals surface area (Å²) in [6, 6.07) is 0. The van der Waals surface area contributed by atoms with Gasteiger partial charge in [-0.2, -0.15) is 4.31 Å². The van der Waals surface area contributed by atoms with Gasteiger partial charge in [0.2, 0.25) is 15.9 Å². The van der Waals surface area contributed by atoms with Crippen LogP contribution in [-0.4, -0.2) is 70.3 Å². The van der Waals surface area contributed by atoms with Crippen molar-refractivity contribution in [2.75, 3.05) is 31.9 Å². The molecule has 142 valence electrons. The van der Waals surface area contributed by atoms with E-state index in [-0.39, 0.29) is 22.6 Å². The lowest BCUT2D eigenvalue weighted by molar-refractivity contribution is -0.136. The van der Waals surface area contributed by atoms with Gasteiger partial charge in [-0.05, 0) is 19.8 Å². The van der Waals surface area contributed by atoms with Crippen molar-refractivity contribution in [2.24, 2.45) is 5.92 Å². The second-order valence-electron chi connectivity index (χ2n) is 7.12. The zero-order chi connectivity index (χ0) is 18.5. The number of carbonyl (C=O) groups is 1. The van der Waals surface area contributed by atoms with Crippen molar-refractivity contribution < 1.29 is 13.2 Å². The maximum Gasteiger partial charge on any atom is 0.257 e. The second kappa shape index (κ2) is 6.65. The summed E-state index contributed by atoms with van der Waals surface area (Å²) in [5, 5.41) is 0.448. The molecule has 0 N–H and O–H groups in total. The fraction of sp³-hybridized carbons (Fsp3) is 0.688. The second-order valence-corrected chi connectivity index (χ2v) is 10.3. The van der Waals surface area contributed by atoms with Crippen molar-refractivity contribution in [3.63, 3.8) is 0 Å². The van der Waals surface area contributed by atoms with Crippen LogP contribution in [0.2, 0.25) is 0 Å². The molecule has 1 saturated carbocycles. The van der Waals surface area contributed by atoms with E-state index < -0.39 is 10.0 Å². The average molecular weight is 399 g/mol. The average Bonchev–Trinajstić information content (AvgIpc) is 3.50. The minimum Gasteiger partial charge on any atom is -0.340 e. The number of fused-ring (bicyclic) bond motifs is 1. The molecule has 8 nitrogen and oxygen atoms in total. The zero-order valence-electron chi connectivity index (χ0n) is 14.6. The van der Waals surface area contributed by atoms with Gasteiger partial charge >= 0.3 is 0 Å². The summed E-state index contributed by atoms with van der Waals surface area (Å²) in [7, 11) is -3.18. The van der Waals surface area contributed by atoms with E-state index in [0.29, 0.717) is 49.2 Å². The van der Waals surface area contributed by atoms with Crippen LogP contribution in [0.3, 0.4) is 0 Å².